The second-order valence-corrected chi connectivity index (χ2v) is 7.25. The van der Waals surface area contributed by atoms with E-state index in [9.17, 15) is 39.3 Å². The first kappa shape index (κ1) is 27.3. The van der Waals surface area contributed by atoms with Gasteiger partial charge in [0.25, 0.3) is 0 Å². The van der Waals surface area contributed by atoms with Crippen molar-refractivity contribution in [1.29, 1.82) is 0 Å². The average Bonchev–Trinajstić information content (AvgIpc) is 2.74. The van der Waals surface area contributed by atoms with Gasteiger partial charge in [0.15, 0.2) is 0 Å². The molecule has 0 saturated carbocycles. The fourth-order valence-electron chi connectivity index (χ4n) is 2.77. The number of rotatable bonds is 13. The molecule has 1 aromatic carbocycles. The largest absolute Gasteiger partial charge is 0.508 e. The quantitative estimate of drug-likeness (QED) is 0.154. The summed E-state index contributed by atoms with van der Waals surface area (Å²) in [6.45, 7) is 0.792. The van der Waals surface area contributed by atoms with E-state index in [0.29, 0.717) is 5.56 Å². The molecule has 0 aliphatic carbocycles. The number of phenolic OH excluding ortho intramolecular Hbond substituents is 1. The van der Waals surface area contributed by atoms with Crippen LogP contribution in [-0.2, 0) is 30.4 Å². The number of aliphatic hydroxyl groups is 1. The molecule has 4 atom stereocenters. The van der Waals surface area contributed by atoms with Crippen LogP contribution in [0.25, 0.3) is 0 Å². The summed E-state index contributed by atoms with van der Waals surface area (Å²) in [5.74, 6) is -5.33. The third-order valence-electron chi connectivity index (χ3n) is 4.54. The van der Waals surface area contributed by atoms with Gasteiger partial charge in [-0.2, -0.15) is 0 Å². The topological polar surface area (TPSA) is 228 Å². The Labute approximate surface area is 189 Å². The normalized spacial score (nSPS) is 14.3. The van der Waals surface area contributed by atoms with Crippen molar-refractivity contribution >= 4 is 29.7 Å². The number of carboxylic acid groups (broad SMARTS) is 2. The van der Waals surface area contributed by atoms with Crippen LogP contribution < -0.4 is 21.7 Å². The van der Waals surface area contributed by atoms with Gasteiger partial charge in [-0.15, -0.1) is 0 Å². The Balaban J connectivity index is 3.10. The van der Waals surface area contributed by atoms with Crippen molar-refractivity contribution in [1.82, 2.24) is 16.0 Å². The third kappa shape index (κ3) is 9.53. The van der Waals surface area contributed by atoms with E-state index in [0.717, 1.165) is 0 Å². The smallest absolute Gasteiger partial charge is 0.326 e. The maximum atomic E-state index is 12.8. The Bertz CT molecular complexity index is 858. The van der Waals surface area contributed by atoms with Crippen LogP contribution in [0.5, 0.6) is 5.75 Å². The molecule has 3 amide bonds. The van der Waals surface area contributed by atoms with Gasteiger partial charge in [0.1, 0.15) is 23.9 Å². The van der Waals surface area contributed by atoms with Gasteiger partial charge in [-0.3, -0.25) is 19.2 Å². The summed E-state index contributed by atoms with van der Waals surface area (Å²) in [6.07, 6.45) is -2.39. The number of phenols is 1. The van der Waals surface area contributed by atoms with Crippen molar-refractivity contribution in [3.8, 4) is 5.75 Å². The van der Waals surface area contributed by atoms with Crippen molar-refractivity contribution in [2.45, 2.75) is 50.4 Å². The molecule has 9 N–H and O–H groups in total. The Hall–Kier alpha value is -3.71. The first-order chi connectivity index (χ1) is 15.4. The van der Waals surface area contributed by atoms with E-state index in [4.69, 9.17) is 10.8 Å². The van der Waals surface area contributed by atoms with Gasteiger partial charge in [0, 0.05) is 12.8 Å². The molecule has 0 spiro atoms. The number of benzene rings is 1. The number of hydrogen-bond donors (Lipinski definition) is 8. The van der Waals surface area contributed by atoms with Gasteiger partial charge in [-0.05, 0) is 31.0 Å². The molecule has 1 rings (SSSR count). The molecule has 0 bridgehead atoms. The van der Waals surface area contributed by atoms with Crippen molar-refractivity contribution in [3.63, 3.8) is 0 Å². The number of aliphatic carboxylic acids is 2. The minimum atomic E-state index is -1.53. The van der Waals surface area contributed by atoms with Crippen molar-refractivity contribution < 1.29 is 44.4 Å². The molecule has 0 saturated heterocycles. The van der Waals surface area contributed by atoms with Crippen molar-refractivity contribution in [2.75, 3.05) is 6.54 Å². The highest BCUT2D eigenvalue weighted by Crippen LogP contribution is 2.12. The fourth-order valence-corrected chi connectivity index (χ4v) is 2.77. The molecule has 0 radical (unpaired) electrons. The summed E-state index contributed by atoms with van der Waals surface area (Å²) in [5, 5.41) is 44.1. The van der Waals surface area contributed by atoms with Gasteiger partial charge in [-0.25, -0.2) is 4.79 Å². The number of hydrogen-bond acceptors (Lipinski definition) is 8. The van der Waals surface area contributed by atoms with Crippen LogP contribution in [0.3, 0.4) is 0 Å². The lowest BCUT2D eigenvalue weighted by Crippen LogP contribution is -2.59. The van der Waals surface area contributed by atoms with E-state index in [1.807, 2.05) is 0 Å². The molecule has 0 aromatic heterocycles. The van der Waals surface area contributed by atoms with E-state index < -0.39 is 66.9 Å². The van der Waals surface area contributed by atoms with Crippen LogP contribution in [0, 0.1) is 0 Å². The van der Waals surface area contributed by atoms with Gasteiger partial charge >= 0.3 is 11.9 Å². The molecule has 13 heteroatoms. The lowest BCUT2D eigenvalue weighted by Gasteiger charge is -2.25. The first-order valence-corrected chi connectivity index (χ1v) is 9.95. The number of aliphatic hydroxyl groups excluding tert-OH is 1. The van der Waals surface area contributed by atoms with Crippen LogP contribution in [0.1, 0.15) is 25.3 Å². The van der Waals surface area contributed by atoms with Crippen LogP contribution >= 0.6 is 0 Å². The van der Waals surface area contributed by atoms with Gasteiger partial charge < -0.3 is 42.1 Å². The summed E-state index contributed by atoms with van der Waals surface area (Å²) >= 11 is 0. The van der Waals surface area contributed by atoms with Crippen LogP contribution in [0.15, 0.2) is 24.3 Å². The van der Waals surface area contributed by atoms with Gasteiger partial charge in [0.05, 0.1) is 12.6 Å². The predicted octanol–water partition coefficient (Wildman–Crippen LogP) is -2.32. The highest BCUT2D eigenvalue weighted by molar-refractivity contribution is 5.94. The molecule has 0 aliphatic rings. The standard InChI is InChI=1S/C20H28N4O9/c1-10(25)17(24-15(27)9-21)19(31)23-14(8-11-2-4-12(26)5-3-11)18(30)22-13(20(32)33)6-7-16(28)29/h2-5,10,13-14,17,25-26H,6-9,21H2,1H3,(H,22,30)(H,23,31)(H,24,27)(H,28,29)(H,32,33). The lowest BCUT2D eigenvalue weighted by atomic mass is 10.0. The molecule has 0 aliphatic heterocycles. The predicted molar refractivity (Wildman–Crippen MR) is 113 cm³/mol. The molecule has 13 nitrogen and oxygen atoms in total. The van der Waals surface area contributed by atoms with E-state index in [2.05, 4.69) is 16.0 Å². The number of carbonyl (C=O) groups excluding carboxylic acids is 3. The molecule has 0 fully saturated rings. The number of carboxylic acids is 2. The van der Waals surface area contributed by atoms with Crippen molar-refractivity contribution in [3.05, 3.63) is 29.8 Å². The zero-order valence-corrected chi connectivity index (χ0v) is 17.9. The number of aromatic hydroxyl groups is 1. The zero-order chi connectivity index (χ0) is 25.1. The second-order valence-electron chi connectivity index (χ2n) is 7.25. The molecule has 0 heterocycles. The maximum absolute atomic E-state index is 12.8. The summed E-state index contributed by atoms with van der Waals surface area (Å²) < 4.78 is 0. The average molecular weight is 468 g/mol. The number of nitrogens with one attached hydrogen (secondary N) is 3. The Morgan fingerprint density at radius 1 is 0.939 bits per heavy atom. The Kier molecular flexibility index (Phi) is 10.7. The minimum Gasteiger partial charge on any atom is -0.508 e. The summed E-state index contributed by atoms with van der Waals surface area (Å²) in [4.78, 5) is 59.3. The first-order valence-electron chi connectivity index (χ1n) is 9.95. The number of carbonyl (C=O) groups is 5. The third-order valence-corrected chi connectivity index (χ3v) is 4.54. The SMILES string of the molecule is CC(O)C(NC(=O)CN)C(=O)NC(Cc1ccc(O)cc1)C(=O)NC(CCC(=O)O)C(=O)O. The van der Waals surface area contributed by atoms with Crippen LogP contribution in [0.2, 0.25) is 0 Å². The van der Waals surface area contributed by atoms with Crippen LogP contribution in [0.4, 0.5) is 0 Å². The van der Waals surface area contributed by atoms with Gasteiger partial charge in [0.2, 0.25) is 17.7 Å². The van der Waals surface area contributed by atoms with E-state index in [1.54, 1.807) is 0 Å². The highest BCUT2D eigenvalue weighted by atomic mass is 16.4. The fraction of sp³-hybridized carbons (Fsp3) is 0.450. The monoisotopic (exact) mass is 468 g/mol. The van der Waals surface area contributed by atoms with Gasteiger partial charge in [-0.1, -0.05) is 12.1 Å². The van der Waals surface area contributed by atoms with E-state index in [-0.39, 0.29) is 18.6 Å². The van der Waals surface area contributed by atoms with E-state index >= 15 is 0 Å². The maximum Gasteiger partial charge on any atom is 0.326 e. The molecular weight excluding hydrogens is 440 g/mol. The zero-order valence-electron chi connectivity index (χ0n) is 17.9. The molecule has 182 valence electrons. The van der Waals surface area contributed by atoms with Crippen molar-refractivity contribution in [2.24, 2.45) is 5.73 Å². The summed E-state index contributed by atoms with van der Waals surface area (Å²) in [7, 11) is 0. The molecule has 1 aromatic rings. The van der Waals surface area contributed by atoms with Crippen LogP contribution in [-0.4, -0.2) is 80.9 Å². The van der Waals surface area contributed by atoms with E-state index in [1.165, 1.54) is 31.2 Å². The number of nitrogens with two attached hydrogens (primary N) is 1. The molecule has 33 heavy (non-hydrogen) atoms. The second kappa shape index (κ2) is 13.0. The highest BCUT2D eigenvalue weighted by Gasteiger charge is 2.31. The summed E-state index contributed by atoms with van der Waals surface area (Å²) in [6, 6.07) is 1.31. The minimum absolute atomic E-state index is 0.0398. The number of amides is 3. The Morgan fingerprint density at radius 3 is 2.00 bits per heavy atom. The lowest BCUT2D eigenvalue weighted by molar-refractivity contribution is -0.143. The summed E-state index contributed by atoms with van der Waals surface area (Å²) in [5.41, 5.74) is 5.70. The molecular formula is C20H28N4O9. The molecule has 4 unspecified atom stereocenters. The Morgan fingerprint density at radius 2 is 1.52 bits per heavy atom.